The topological polar surface area (TPSA) is 63.9 Å². The van der Waals surface area contributed by atoms with Crippen LogP contribution < -0.4 is 4.90 Å². The van der Waals surface area contributed by atoms with Gasteiger partial charge in [-0.05, 0) is 34.9 Å². The highest BCUT2D eigenvalue weighted by molar-refractivity contribution is 7.99. The average molecular weight is 355 g/mol. The molecule has 1 aromatic heterocycles. The number of thioether (sulfide) groups is 1. The van der Waals surface area contributed by atoms with Gasteiger partial charge in [0.05, 0.1) is 11.8 Å². The molecule has 0 N–H and O–H groups in total. The van der Waals surface area contributed by atoms with Gasteiger partial charge in [-0.3, -0.25) is 4.79 Å². The third-order valence-corrected chi connectivity index (χ3v) is 5.89. The molecule has 4 rings (SSSR count). The summed E-state index contributed by atoms with van der Waals surface area (Å²) in [4.78, 5) is 14.7. The third kappa shape index (κ3) is 2.86. The maximum absolute atomic E-state index is 12.6. The highest BCUT2D eigenvalue weighted by Gasteiger charge is 2.38. The first-order chi connectivity index (χ1) is 12.0. The number of ketones is 1. The predicted molar refractivity (Wildman–Crippen MR) is 97.8 cm³/mol. The maximum Gasteiger partial charge on any atom is 0.210 e. The Labute approximate surface area is 151 Å². The van der Waals surface area contributed by atoms with E-state index in [1.807, 2.05) is 23.9 Å². The smallest absolute Gasteiger partial charge is 0.210 e. The molecule has 2 aliphatic rings. The van der Waals surface area contributed by atoms with Crippen molar-refractivity contribution < 1.29 is 4.79 Å². The van der Waals surface area contributed by atoms with Crippen molar-refractivity contribution in [3.63, 3.8) is 0 Å². The van der Waals surface area contributed by atoms with Gasteiger partial charge in [0.25, 0.3) is 0 Å². The van der Waals surface area contributed by atoms with Crippen LogP contribution in [0.2, 0.25) is 0 Å². The number of allylic oxidation sites excluding steroid dienone is 2. The lowest BCUT2D eigenvalue weighted by atomic mass is 9.83. The fraction of sp³-hybridized carbons (Fsp3) is 0.444. The molecule has 0 atom stereocenters. The molecule has 7 heteroatoms. The van der Waals surface area contributed by atoms with E-state index in [9.17, 15) is 4.79 Å². The van der Waals surface area contributed by atoms with Gasteiger partial charge in [-0.1, -0.05) is 43.8 Å². The van der Waals surface area contributed by atoms with Crippen LogP contribution >= 0.6 is 11.8 Å². The number of anilines is 1. The van der Waals surface area contributed by atoms with Crippen molar-refractivity contribution in [2.45, 2.75) is 43.3 Å². The lowest BCUT2D eigenvalue weighted by Gasteiger charge is -2.23. The van der Waals surface area contributed by atoms with Gasteiger partial charge in [-0.2, -0.15) is 0 Å². The minimum atomic E-state index is -0.179. The molecule has 25 heavy (non-hydrogen) atoms. The van der Waals surface area contributed by atoms with Crippen LogP contribution in [0.5, 0.6) is 0 Å². The molecule has 0 spiro atoms. The molecule has 1 fully saturated rings. The number of aromatic nitrogens is 4. The molecule has 2 heterocycles. The van der Waals surface area contributed by atoms with E-state index in [4.69, 9.17) is 0 Å². The largest absolute Gasteiger partial charge is 0.347 e. The van der Waals surface area contributed by atoms with E-state index >= 15 is 0 Å². The summed E-state index contributed by atoms with van der Waals surface area (Å²) >= 11 is 1.41. The van der Waals surface area contributed by atoms with Gasteiger partial charge in [0.1, 0.15) is 0 Å². The number of rotatable bonds is 5. The van der Waals surface area contributed by atoms with Crippen molar-refractivity contribution in [3.8, 4) is 0 Å². The van der Waals surface area contributed by atoms with E-state index in [1.54, 1.807) is 6.08 Å². The van der Waals surface area contributed by atoms with Crippen LogP contribution in [-0.4, -0.2) is 38.8 Å². The molecule has 1 aliphatic carbocycles. The number of benzene rings is 1. The molecule has 1 saturated carbocycles. The minimum Gasteiger partial charge on any atom is -0.347 e. The van der Waals surface area contributed by atoms with Crippen molar-refractivity contribution in [2.75, 3.05) is 17.7 Å². The predicted octanol–water partition coefficient (Wildman–Crippen LogP) is 2.98. The first-order valence-corrected chi connectivity index (χ1v) is 9.46. The van der Waals surface area contributed by atoms with Crippen LogP contribution in [0.15, 0.2) is 41.2 Å². The van der Waals surface area contributed by atoms with Crippen LogP contribution in [-0.2, 0) is 10.2 Å². The summed E-state index contributed by atoms with van der Waals surface area (Å²) in [6, 6.07) is 8.73. The fourth-order valence-electron chi connectivity index (χ4n) is 3.42. The Morgan fingerprint density at radius 3 is 2.84 bits per heavy atom. The summed E-state index contributed by atoms with van der Waals surface area (Å²) < 4.78 is 1.84. The van der Waals surface area contributed by atoms with Gasteiger partial charge >= 0.3 is 0 Å². The van der Waals surface area contributed by atoms with Crippen molar-refractivity contribution in [2.24, 2.45) is 0 Å². The lowest BCUT2D eigenvalue weighted by molar-refractivity contribution is -0.112. The maximum atomic E-state index is 12.6. The molecule has 0 bridgehead atoms. The molecule has 130 valence electrons. The standard InChI is InChI=1S/C18H21N5OS/c1-18(2)14-6-4-5-7-15(14)22(3)16(18)10-13(24)11-25-17-19-20-21-23(17)12-8-9-12/h4-7,10,12H,8-9,11H2,1-3H3/b16-10-. The van der Waals surface area contributed by atoms with E-state index in [0.29, 0.717) is 11.8 Å². The molecular weight excluding hydrogens is 334 g/mol. The van der Waals surface area contributed by atoms with Gasteiger partial charge < -0.3 is 4.90 Å². The van der Waals surface area contributed by atoms with Gasteiger partial charge in [-0.15, -0.1) is 5.10 Å². The summed E-state index contributed by atoms with van der Waals surface area (Å²) in [5.41, 5.74) is 3.26. The molecule has 0 radical (unpaired) electrons. The Hall–Kier alpha value is -2.15. The van der Waals surface area contributed by atoms with Crippen LogP contribution in [0.4, 0.5) is 5.69 Å². The summed E-state index contributed by atoms with van der Waals surface area (Å²) in [5, 5.41) is 12.5. The number of para-hydroxylation sites is 1. The fourth-order valence-corrected chi connectivity index (χ4v) is 4.18. The Kier molecular flexibility index (Phi) is 3.91. The zero-order chi connectivity index (χ0) is 17.6. The van der Waals surface area contributed by atoms with E-state index in [0.717, 1.165) is 29.4 Å². The molecule has 1 aliphatic heterocycles. The molecule has 2 aromatic rings. The molecule has 0 saturated heterocycles. The number of fused-ring (bicyclic) bond motifs is 1. The van der Waals surface area contributed by atoms with Crippen LogP contribution in [0, 0.1) is 0 Å². The van der Waals surface area contributed by atoms with Crippen molar-refractivity contribution in [3.05, 3.63) is 41.6 Å². The number of hydrogen-bond donors (Lipinski definition) is 0. The molecule has 0 amide bonds. The average Bonchev–Trinajstić information content (AvgIpc) is 3.31. The van der Waals surface area contributed by atoms with Gasteiger partial charge in [-0.25, -0.2) is 4.68 Å². The van der Waals surface area contributed by atoms with E-state index in [2.05, 4.69) is 46.4 Å². The van der Waals surface area contributed by atoms with E-state index in [-0.39, 0.29) is 11.2 Å². The van der Waals surface area contributed by atoms with E-state index < -0.39 is 0 Å². The summed E-state index contributed by atoms with van der Waals surface area (Å²) in [6.45, 7) is 4.32. The first-order valence-electron chi connectivity index (χ1n) is 8.47. The number of likely N-dealkylation sites (N-methyl/N-ethyl adjacent to an activating group) is 1. The monoisotopic (exact) mass is 355 g/mol. The Balaban J connectivity index is 1.50. The normalized spacial score (nSPS) is 20.1. The number of hydrogen-bond acceptors (Lipinski definition) is 6. The number of carbonyl (C=O) groups excluding carboxylic acids is 1. The highest BCUT2D eigenvalue weighted by Crippen LogP contribution is 2.46. The Bertz CT molecular complexity index is 853. The van der Waals surface area contributed by atoms with Gasteiger partial charge in [0, 0.05) is 29.9 Å². The Morgan fingerprint density at radius 1 is 1.36 bits per heavy atom. The Morgan fingerprint density at radius 2 is 2.12 bits per heavy atom. The second kappa shape index (κ2) is 5.98. The van der Waals surface area contributed by atoms with Crippen molar-refractivity contribution in [1.29, 1.82) is 0 Å². The SMILES string of the molecule is CN1/C(=C\C(=O)CSc2nnnn2C2CC2)C(C)(C)c2ccccc21. The second-order valence-electron chi connectivity index (χ2n) is 7.12. The summed E-state index contributed by atoms with van der Waals surface area (Å²) in [5.74, 6) is 0.426. The van der Waals surface area contributed by atoms with E-state index in [1.165, 1.54) is 17.3 Å². The van der Waals surface area contributed by atoms with Gasteiger partial charge in [0.2, 0.25) is 5.16 Å². The van der Waals surface area contributed by atoms with Crippen LogP contribution in [0.25, 0.3) is 0 Å². The zero-order valence-corrected chi connectivity index (χ0v) is 15.5. The summed E-state index contributed by atoms with van der Waals surface area (Å²) in [6.07, 6.45) is 4.01. The molecule has 1 aromatic carbocycles. The summed E-state index contributed by atoms with van der Waals surface area (Å²) in [7, 11) is 2.02. The molecule has 6 nitrogen and oxygen atoms in total. The van der Waals surface area contributed by atoms with Crippen LogP contribution in [0.1, 0.15) is 38.3 Å². The zero-order valence-electron chi connectivity index (χ0n) is 14.6. The number of nitrogens with zero attached hydrogens (tertiary/aromatic N) is 5. The number of tetrazole rings is 1. The second-order valence-corrected chi connectivity index (χ2v) is 8.07. The molecular formula is C18H21N5OS. The van der Waals surface area contributed by atoms with Crippen LogP contribution in [0.3, 0.4) is 0 Å². The number of carbonyl (C=O) groups is 1. The highest BCUT2D eigenvalue weighted by atomic mass is 32.2. The molecule has 0 unspecified atom stereocenters. The van der Waals surface area contributed by atoms with Crippen molar-refractivity contribution in [1.82, 2.24) is 20.2 Å². The first kappa shape index (κ1) is 16.3. The quantitative estimate of drug-likeness (QED) is 0.607. The van der Waals surface area contributed by atoms with Gasteiger partial charge in [0.15, 0.2) is 5.78 Å². The third-order valence-electron chi connectivity index (χ3n) is 4.94. The van der Waals surface area contributed by atoms with Crippen molar-refractivity contribution >= 4 is 23.2 Å². The lowest BCUT2D eigenvalue weighted by Crippen LogP contribution is -2.24. The minimum absolute atomic E-state index is 0.0816.